The largest absolute Gasteiger partial charge is 0.466 e. The molecule has 2 fully saturated rings. The van der Waals surface area contributed by atoms with Gasteiger partial charge in [-0.25, -0.2) is 0 Å². The highest BCUT2D eigenvalue weighted by Crippen LogP contribution is 2.88. The molecule has 1 spiro atoms. The summed E-state index contributed by atoms with van der Waals surface area (Å²) in [6.07, 6.45) is 4.89. The molecular weight excluding hydrogens is 224 g/mol. The van der Waals surface area contributed by atoms with Gasteiger partial charge >= 0.3 is 5.97 Å². The number of carbonyl (C=O) groups excluding carboxylic acids is 1. The van der Waals surface area contributed by atoms with Crippen molar-refractivity contribution in [3.8, 4) is 0 Å². The van der Waals surface area contributed by atoms with Crippen LogP contribution in [0.15, 0.2) is 0 Å². The van der Waals surface area contributed by atoms with E-state index in [0.717, 1.165) is 0 Å². The van der Waals surface area contributed by atoms with Crippen molar-refractivity contribution < 1.29 is 9.53 Å². The first kappa shape index (κ1) is 13.9. The number of rotatable bonds is 6. The molecule has 104 valence electrons. The van der Waals surface area contributed by atoms with Gasteiger partial charge in [0.25, 0.3) is 0 Å². The maximum atomic E-state index is 12.3. The van der Waals surface area contributed by atoms with Gasteiger partial charge in [-0.3, -0.25) is 4.79 Å². The Morgan fingerprint density at radius 1 is 1.39 bits per heavy atom. The second-order valence-electron chi connectivity index (χ2n) is 6.63. The standard InChI is InChI=1S/C16H28O2/c1-6-8-9-15(11(3)4)13(14(17)18-7-2)16(15)10-12(16)5/h11-13H,6-10H2,1-5H3/t12-,13+,15?,16+/m0/s1. The molecule has 4 atom stereocenters. The van der Waals surface area contributed by atoms with Crippen molar-refractivity contribution in [3.63, 3.8) is 0 Å². The van der Waals surface area contributed by atoms with E-state index in [0.29, 0.717) is 23.9 Å². The fourth-order valence-electron chi connectivity index (χ4n) is 4.80. The highest BCUT2D eigenvalue weighted by Gasteiger charge is 2.87. The maximum absolute atomic E-state index is 12.3. The predicted molar refractivity (Wildman–Crippen MR) is 73.1 cm³/mol. The summed E-state index contributed by atoms with van der Waals surface area (Å²) in [6, 6.07) is 0. The first-order valence-electron chi connectivity index (χ1n) is 7.65. The van der Waals surface area contributed by atoms with Crippen LogP contribution in [0, 0.1) is 28.6 Å². The smallest absolute Gasteiger partial charge is 0.310 e. The second kappa shape index (κ2) is 4.54. The van der Waals surface area contributed by atoms with Gasteiger partial charge in [0, 0.05) is 0 Å². The van der Waals surface area contributed by atoms with Crippen molar-refractivity contribution in [2.24, 2.45) is 28.6 Å². The minimum atomic E-state index is 0.0756. The van der Waals surface area contributed by atoms with Crippen LogP contribution < -0.4 is 0 Å². The van der Waals surface area contributed by atoms with Crippen LogP contribution in [0.1, 0.15) is 60.3 Å². The zero-order valence-electron chi connectivity index (χ0n) is 12.6. The van der Waals surface area contributed by atoms with Gasteiger partial charge in [0.2, 0.25) is 0 Å². The van der Waals surface area contributed by atoms with E-state index >= 15 is 0 Å². The van der Waals surface area contributed by atoms with Crippen molar-refractivity contribution in [3.05, 3.63) is 0 Å². The summed E-state index contributed by atoms with van der Waals surface area (Å²) in [7, 11) is 0. The van der Waals surface area contributed by atoms with Crippen LogP contribution >= 0.6 is 0 Å². The number of hydrogen-bond acceptors (Lipinski definition) is 2. The Bertz CT molecular complexity index is 336. The van der Waals surface area contributed by atoms with Gasteiger partial charge < -0.3 is 4.74 Å². The van der Waals surface area contributed by atoms with Gasteiger partial charge in [0.15, 0.2) is 0 Å². The van der Waals surface area contributed by atoms with Gasteiger partial charge in [0.1, 0.15) is 0 Å². The Hall–Kier alpha value is -0.530. The fourth-order valence-corrected chi connectivity index (χ4v) is 4.80. The van der Waals surface area contributed by atoms with Crippen LogP contribution in [0.25, 0.3) is 0 Å². The fraction of sp³-hybridized carbons (Fsp3) is 0.938. The van der Waals surface area contributed by atoms with Crippen molar-refractivity contribution in [1.29, 1.82) is 0 Å². The molecule has 2 aliphatic rings. The lowest BCUT2D eigenvalue weighted by Crippen LogP contribution is -2.19. The van der Waals surface area contributed by atoms with Crippen LogP contribution in [-0.4, -0.2) is 12.6 Å². The first-order valence-corrected chi connectivity index (χ1v) is 7.65. The topological polar surface area (TPSA) is 26.3 Å². The Kier molecular flexibility index (Phi) is 3.50. The highest BCUT2D eigenvalue weighted by molar-refractivity contribution is 5.81. The molecule has 2 rings (SSSR count). The lowest BCUT2D eigenvalue weighted by molar-refractivity contribution is -0.146. The minimum Gasteiger partial charge on any atom is -0.466 e. The molecule has 2 nitrogen and oxygen atoms in total. The molecule has 0 bridgehead atoms. The number of hydrogen-bond donors (Lipinski definition) is 0. The lowest BCUT2D eigenvalue weighted by atomic mass is 9.82. The Labute approximate surface area is 111 Å². The highest BCUT2D eigenvalue weighted by atomic mass is 16.5. The van der Waals surface area contributed by atoms with Gasteiger partial charge in [0.05, 0.1) is 12.5 Å². The molecule has 0 radical (unpaired) electrons. The molecule has 2 heteroatoms. The van der Waals surface area contributed by atoms with Crippen molar-refractivity contribution in [1.82, 2.24) is 0 Å². The van der Waals surface area contributed by atoms with E-state index in [1.165, 1.54) is 25.7 Å². The number of ether oxygens (including phenoxy) is 1. The third-order valence-electron chi connectivity index (χ3n) is 5.67. The molecule has 0 aromatic rings. The van der Waals surface area contributed by atoms with Crippen LogP contribution in [0.5, 0.6) is 0 Å². The van der Waals surface area contributed by atoms with Crippen molar-refractivity contribution >= 4 is 5.97 Å². The quantitative estimate of drug-likeness (QED) is 0.667. The molecule has 2 aliphatic carbocycles. The molecule has 2 saturated carbocycles. The zero-order chi connectivity index (χ0) is 13.6. The summed E-state index contributed by atoms with van der Waals surface area (Å²) in [6.45, 7) is 11.6. The average Bonchev–Trinajstić information content (AvgIpc) is 3.13. The number of carbonyl (C=O) groups is 1. The first-order chi connectivity index (χ1) is 8.49. The predicted octanol–water partition coefficient (Wildman–Crippen LogP) is 4.04. The molecule has 0 aliphatic heterocycles. The summed E-state index contributed by atoms with van der Waals surface area (Å²) < 4.78 is 5.34. The Morgan fingerprint density at radius 2 is 2.00 bits per heavy atom. The molecule has 0 heterocycles. The summed E-state index contributed by atoms with van der Waals surface area (Å²) in [5.41, 5.74) is 0.553. The van der Waals surface area contributed by atoms with Gasteiger partial charge in [-0.15, -0.1) is 0 Å². The molecule has 0 aromatic heterocycles. The third kappa shape index (κ3) is 1.57. The van der Waals surface area contributed by atoms with Crippen LogP contribution in [0.4, 0.5) is 0 Å². The van der Waals surface area contributed by atoms with Crippen molar-refractivity contribution in [2.45, 2.75) is 60.3 Å². The van der Waals surface area contributed by atoms with E-state index in [1.807, 2.05) is 6.92 Å². The van der Waals surface area contributed by atoms with E-state index in [1.54, 1.807) is 0 Å². The number of esters is 1. The van der Waals surface area contributed by atoms with Crippen LogP contribution in [0.3, 0.4) is 0 Å². The van der Waals surface area contributed by atoms with Gasteiger partial charge in [-0.1, -0.05) is 40.5 Å². The lowest BCUT2D eigenvalue weighted by Gasteiger charge is -2.22. The molecule has 0 saturated heterocycles. The SMILES string of the molecule is CCCCC1(C(C)C)[C@@H](C(=O)OCC)[C@]12C[C@@H]2C. The molecule has 0 aromatic carbocycles. The van der Waals surface area contributed by atoms with Crippen LogP contribution in [-0.2, 0) is 9.53 Å². The van der Waals surface area contributed by atoms with E-state index < -0.39 is 0 Å². The zero-order valence-corrected chi connectivity index (χ0v) is 12.6. The van der Waals surface area contributed by atoms with Gasteiger partial charge in [-0.05, 0) is 42.4 Å². The summed E-state index contributed by atoms with van der Waals surface area (Å²) >= 11 is 0. The monoisotopic (exact) mass is 252 g/mol. The average molecular weight is 252 g/mol. The number of unbranched alkanes of at least 4 members (excludes halogenated alkanes) is 1. The third-order valence-corrected chi connectivity index (χ3v) is 5.67. The summed E-state index contributed by atoms with van der Waals surface area (Å²) in [5, 5.41) is 0. The molecule has 1 unspecified atom stereocenters. The Balaban J connectivity index is 2.20. The molecule has 0 N–H and O–H groups in total. The van der Waals surface area contributed by atoms with E-state index in [4.69, 9.17) is 4.74 Å². The molecular formula is C16H28O2. The molecule has 18 heavy (non-hydrogen) atoms. The van der Waals surface area contributed by atoms with Crippen LogP contribution in [0.2, 0.25) is 0 Å². The minimum absolute atomic E-state index is 0.0756. The van der Waals surface area contributed by atoms with E-state index in [2.05, 4.69) is 27.7 Å². The molecule has 0 amide bonds. The summed E-state index contributed by atoms with van der Waals surface area (Å²) in [5.74, 6) is 1.56. The van der Waals surface area contributed by atoms with E-state index in [-0.39, 0.29) is 17.3 Å². The maximum Gasteiger partial charge on any atom is 0.310 e. The van der Waals surface area contributed by atoms with Crippen molar-refractivity contribution in [2.75, 3.05) is 6.61 Å². The second-order valence-corrected chi connectivity index (χ2v) is 6.63. The van der Waals surface area contributed by atoms with Gasteiger partial charge in [-0.2, -0.15) is 0 Å². The Morgan fingerprint density at radius 3 is 2.39 bits per heavy atom. The summed E-state index contributed by atoms with van der Waals surface area (Å²) in [4.78, 5) is 12.3. The normalized spacial score (nSPS) is 41.2. The van der Waals surface area contributed by atoms with E-state index in [9.17, 15) is 4.79 Å².